The van der Waals surface area contributed by atoms with E-state index in [0.29, 0.717) is 25.0 Å². The number of ether oxygens (including phenoxy) is 2. The molecular weight excluding hydrogens is 320 g/mol. The predicted octanol–water partition coefficient (Wildman–Crippen LogP) is 4.29. The van der Waals surface area contributed by atoms with Crippen LogP contribution in [0.2, 0.25) is 0 Å². The van der Waals surface area contributed by atoms with Crippen LogP contribution in [0.5, 0.6) is 11.5 Å². The second kappa shape index (κ2) is 8.28. The van der Waals surface area contributed by atoms with Gasteiger partial charge in [-0.25, -0.2) is 4.79 Å². The highest BCUT2D eigenvalue weighted by molar-refractivity contribution is 5.83. The summed E-state index contributed by atoms with van der Waals surface area (Å²) < 4.78 is 11.0. The van der Waals surface area contributed by atoms with Crippen LogP contribution in [0.3, 0.4) is 0 Å². The highest BCUT2D eigenvalue weighted by Gasteiger charge is 2.43. The first kappa shape index (κ1) is 19.2. The lowest BCUT2D eigenvalue weighted by molar-refractivity contribution is -0.166. The van der Waals surface area contributed by atoms with Crippen molar-refractivity contribution in [3.05, 3.63) is 35.6 Å². The number of phenolic OH excluding ortho intramolecular Hbond substituents is 1. The third-order valence-corrected chi connectivity index (χ3v) is 5.02. The van der Waals surface area contributed by atoms with Crippen LogP contribution in [0, 0.1) is 5.92 Å². The Morgan fingerprint density at radius 3 is 2.68 bits per heavy atom. The number of rotatable bonds is 8. The molecule has 2 atom stereocenters. The number of benzene rings is 1. The number of phenols is 1. The number of aromatic hydroxyl groups is 1. The SMILES string of the molecule is CCCC(CC)C1(CCc2ccc(O)c(OC)c2)CC(O)=CC(=O)O1. The first-order chi connectivity index (χ1) is 11.9. The van der Waals surface area contributed by atoms with Crippen LogP contribution in [0.15, 0.2) is 30.0 Å². The molecule has 2 N–H and O–H groups in total. The molecule has 0 saturated carbocycles. The lowest BCUT2D eigenvalue weighted by Gasteiger charge is -2.41. The standard InChI is InChI=1S/C20H28O5/c1-4-6-15(5-2)20(13-16(21)12-19(23)25-20)10-9-14-7-8-17(22)18(11-14)24-3/h7-8,11-12,15,21-22H,4-6,9-10,13H2,1-3H3. The van der Waals surface area contributed by atoms with Gasteiger partial charge in [0.15, 0.2) is 11.5 Å². The Morgan fingerprint density at radius 2 is 2.08 bits per heavy atom. The van der Waals surface area contributed by atoms with Crippen molar-refractivity contribution in [1.82, 2.24) is 0 Å². The fourth-order valence-corrected chi connectivity index (χ4v) is 3.75. The number of aliphatic hydroxyl groups is 1. The molecule has 138 valence electrons. The molecule has 0 aliphatic carbocycles. The van der Waals surface area contributed by atoms with E-state index in [9.17, 15) is 15.0 Å². The molecule has 1 aliphatic heterocycles. The fourth-order valence-electron chi connectivity index (χ4n) is 3.75. The molecular formula is C20H28O5. The average Bonchev–Trinajstić information content (AvgIpc) is 2.58. The third kappa shape index (κ3) is 4.47. The van der Waals surface area contributed by atoms with Crippen molar-refractivity contribution in [2.45, 2.75) is 58.0 Å². The molecule has 5 nitrogen and oxygen atoms in total. The molecule has 0 spiro atoms. The van der Waals surface area contributed by atoms with E-state index in [1.165, 1.54) is 13.2 Å². The molecule has 0 saturated heterocycles. The van der Waals surface area contributed by atoms with Crippen molar-refractivity contribution in [2.24, 2.45) is 5.92 Å². The van der Waals surface area contributed by atoms with Gasteiger partial charge in [0.25, 0.3) is 0 Å². The molecule has 0 bridgehead atoms. The van der Waals surface area contributed by atoms with Gasteiger partial charge in [0, 0.05) is 6.42 Å². The number of aliphatic hydroxyl groups excluding tert-OH is 1. The maximum Gasteiger partial charge on any atom is 0.334 e. The highest BCUT2D eigenvalue weighted by Crippen LogP contribution is 2.41. The van der Waals surface area contributed by atoms with Crippen molar-refractivity contribution in [3.63, 3.8) is 0 Å². The molecule has 1 heterocycles. The van der Waals surface area contributed by atoms with E-state index in [1.807, 2.05) is 6.07 Å². The molecule has 1 aliphatic rings. The molecule has 1 aromatic rings. The summed E-state index contributed by atoms with van der Waals surface area (Å²) in [4.78, 5) is 12.0. The molecule has 25 heavy (non-hydrogen) atoms. The van der Waals surface area contributed by atoms with E-state index in [1.54, 1.807) is 12.1 Å². The minimum atomic E-state index is -0.689. The average molecular weight is 348 g/mol. The molecule has 0 aromatic heterocycles. The van der Waals surface area contributed by atoms with E-state index in [0.717, 1.165) is 24.8 Å². The van der Waals surface area contributed by atoms with Gasteiger partial charge in [-0.05, 0) is 49.3 Å². The minimum Gasteiger partial charge on any atom is -0.512 e. The summed E-state index contributed by atoms with van der Waals surface area (Å²) >= 11 is 0. The van der Waals surface area contributed by atoms with E-state index in [4.69, 9.17) is 9.47 Å². The monoisotopic (exact) mass is 348 g/mol. The third-order valence-electron chi connectivity index (χ3n) is 5.02. The van der Waals surface area contributed by atoms with Gasteiger partial charge in [-0.1, -0.05) is 26.3 Å². The summed E-state index contributed by atoms with van der Waals surface area (Å²) in [6, 6.07) is 5.24. The predicted molar refractivity (Wildman–Crippen MR) is 95.8 cm³/mol. The first-order valence-corrected chi connectivity index (χ1v) is 8.92. The second-order valence-electron chi connectivity index (χ2n) is 6.70. The number of hydrogen-bond acceptors (Lipinski definition) is 5. The molecule has 2 rings (SSSR count). The molecule has 0 amide bonds. The van der Waals surface area contributed by atoms with Gasteiger partial charge < -0.3 is 19.7 Å². The maximum absolute atomic E-state index is 12.0. The van der Waals surface area contributed by atoms with E-state index < -0.39 is 11.6 Å². The largest absolute Gasteiger partial charge is 0.512 e. The van der Waals surface area contributed by atoms with Gasteiger partial charge in [-0.15, -0.1) is 0 Å². The summed E-state index contributed by atoms with van der Waals surface area (Å²) in [5, 5.41) is 19.8. The highest BCUT2D eigenvalue weighted by atomic mass is 16.6. The van der Waals surface area contributed by atoms with Gasteiger partial charge in [-0.3, -0.25) is 0 Å². The van der Waals surface area contributed by atoms with Crippen molar-refractivity contribution in [3.8, 4) is 11.5 Å². The fraction of sp³-hybridized carbons (Fsp3) is 0.550. The van der Waals surface area contributed by atoms with Crippen LogP contribution in [-0.4, -0.2) is 28.9 Å². The van der Waals surface area contributed by atoms with Gasteiger partial charge in [-0.2, -0.15) is 0 Å². The van der Waals surface area contributed by atoms with Crippen LogP contribution in [0.4, 0.5) is 0 Å². The number of esters is 1. The number of carbonyl (C=O) groups is 1. The van der Waals surface area contributed by atoms with E-state index >= 15 is 0 Å². The number of hydrogen-bond donors (Lipinski definition) is 2. The Bertz CT molecular complexity index is 637. The van der Waals surface area contributed by atoms with Crippen LogP contribution < -0.4 is 4.74 Å². The van der Waals surface area contributed by atoms with E-state index in [2.05, 4.69) is 13.8 Å². The zero-order valence-corrected chi connectivity index (χ0v) is 15.2. The van der Waals surface area contributed by atoms with E-state index in [-0.39, 0.29) is 17.4 Å². The van der Waals surface area contributed by atoms with Crippen LogP contribution >= 0.6 is 0 Å². The summed E-state index contributed by atoms with van der Waals surface area (Å²) in [5.41, 5.74) is 0.302. The van der Waals surface area contributed by atoms with Crippen LogP contribution in [0.25, 0.3) is 0 Å². The smallest absolute Gasteiger partial charge is 0.334 e. The summed E-state index contributed by atoms with van der Waals surface area (Å²) in [6.45, 7) is 4.20. The molecule has 0 fully saturated rings. The lowest BCUT2D eigenvalue weighted by atomic mass is 9.75. The Labute approximate surface area is 149 Å². The van der Waals surface area contributed by atoms with Gasteiger partial charge in [0.1, 0.15) is 11.4 Å². The maximum atomic E-state index is 12.0. The zero-order valence-electron chi connectivity index (χ0n) is 15.2. The van der Waals surface area contributed by atoms with Crippen molar-refractivity contribution < 1.29 is 24.5 Å². The summed E-state index contributed by atoms with van der Waals surface area (Å²) in [6.07, 6.45) is 5.62. The minimum absolute atomic E-state index is 0.0917. The lowest BCUT2D eigenvalue weighted by Crippen LogP contribution is -2.45. The quantitative estimate of drug-likeness (QED) is 0.686. The Balaban J connectivity index is 2.25. The first-order valence-electron chi connectivity index (χ1n) is 8.92. The number of methoxy groups -OCH3 is 1. The van der Waals surface area contributed by atoms with Crippen LogP contribution in [0.1, 0.15) is 51.5 Å². The number of cyclic esters (lactones) is 1. The van der Waals surface area contributed by atoms with Crippen LogP contribution in [-0.2, 0) is 16.0 Å². The van der Waals surface area contributed by atoms with Crippen molar-refractivity contribution in [1.29, 1.82) is 0 Å². The molecule has 1 aromatic carbocycles. The van der Waals surface area contributed by atoms with Gasteiger partial charge in [0.05, 0.1) is 13.2 Å². The Kier molecular flexibility index (Phi) is 6.34. The number of aryl methyl sites for hydroxylation is 1. The normalized spacial score (nSPS) is 21.4. The van der Waals surface area contributed by atoms with Crippen molar-refractivity contribution >= 4 is 5.97 Å². The Morgan fingerprint density at radius 1 is 1.32 bits per heavy atom. The summed E-state index contributed by atoms with van der Waals surface area (Å²) in [7, 11) is 1.51. The summed E-state index contributed by atoms with van der Waals surface area (Å²) in [5.74, 6) is 0.338. The van der Waals surface area contributed by atoms with Gasteiger partial charge >= 0.3 is 5.97 Å². The topological polar surface area (TPSA) is 76.0 Å². The second-order valence-corrected chi connectivity index (χ2v) is 6.70. The number of carbonyl (C=O) groups excluding carboxylic acids is 1. The van der Waals surface area contributed by atoms with Crippen molar-refractivity contribution in [2.75, 3.05) is 7.11 Å². The molecule has 0 radical (unpaired) electrons. The molecule has 2 unspecified atom stereocenters. The Hall–Kier alpha value is -2.17. The van der Waals surface area contributed by atoms with Gasteiger partial charge in [0.2, 0.25) is 0 Å². The zero-order chi connectivity index (χ0) is 18.4. The molecule has 5 heteroatoms.